The highest BCUT2D eigenvalue weighted by molar-refractivity contribution is 4.69. The lowest BCUT2D eigenvalue weighted by molar-refractivity contribution is 0.0752. The fourth-order valence-corrected chi connectivity index (χ4v) is 2.10. The monoisotopic (exact) mass is 260 g/mol. The van der Waals surface area contributed by atoms with Gasteiger partial charge in [-0.1, -0.05) is 13.3 Å². The van der Waals surface area contributed by atoms with E-state index in [1.165, 1.54) is 12.8 Å². The van der Waals surface area contributed by atoms with Gasteiger partial charge in [-0.15, -0.1) is 0 Å². The van der Waals surface area contributed by atoms with Gasteiger partial charge in [-0.25, -0.2) is 0 Å². The first-order chi connectivity index (χ1) is 8.65. The summed E-state index contributed by atoms with van der Waals surface area (Å²) in [4.78, 5) is 2.42. The Morgan fingerprint density at radius 3 is 2.39 bits per heavy atom. The summed E-state index contributed by atoms with van der Waals surface area (Å²) in [5.74, 6) is 0. The Morgan fingerprint density at radius 2 is 1.83 bits per heavy atom. The molecule has 4 nitrogen and oxygen atoms in total. The van der Waals surface area contributed by atoms with Crippen molar-refractivity contribution in [3.63, 3.8) is 0 Å². The Morgan fingerprint density at radius 1 is 1.11 bits per heavy atom. The zero-order valence-corrected chi connectivity index (χ0v) is 12.9. The van der Waals surface area contributed by atoms with E-state index >= 15 is 0 Å². The number of rotatable bonds is 12. The quantitative estimate of drug-likeness (QED) is 0.579. The maximum absolute atomic E-state index is 5.23. The largest absolute Gasteiger partial charge is 0.383 e. The first kappa shape index (κ1) is 17.8. The summed E-state index contributed by atoms with van der Waals surface area (Å²) in [5.41, 5.74) is 0. The second-order valence-corrected chi connectivity index (χ2v) is 4.98. The van der Waals surface area contributed by atoms with E-state index in [0.717, 1.165) is 32.8 Å². The molecule has 0 rings (SSSR count). The van der Waals surface area contributed by atoms with Gasteiger partial charge in [0.15, 0.2) is 0 Å². The highest BCUT2D eigenvalue weighted by Gasteiger charge is 2.13. The van der Waals surface area contributed by atoms with Crippen molar-refractivity contribution in [3.8, 4) is 0 Å². The lowest BCUT2D eigenvalue weighted by atomic mass is 10.2. The third-order valence-electron chi connectivity index (χ3n) is 3.23. The molecule has 18 heavy (non-hydrogen) atoms. The zero-order valence-electron chi connectivity index (χ0n) is 12.9. The van der Waals surface area contributed by atoms with Crippen molar-refractivity contribution in [2.45, 2.75) is 45.7 Å². The number of methoxy groups -OCH3 is 2. The van der Waals surface area contributed by atoms with E-state index in [1.807, 2.05) is 0 Å². The van der Waals surface area contributed by atoms with E-state index in [1.54, 1.807) is 14.2 Å². The molecule has 0 spiro atoms. The molecule has 0 bridgehead atoms. The van der Waals surface area contributed by atoms with Crippen LogP contribution in [-0.2, 0) is 9.47 Å². The highest BCUT2D eigenvalue weighted by atomic mass is 16.5. The van der Waals surface area contributed by atoms with E-state index in [-0.39, 0.29) is 0 Å². The van der Waals surface area contributed by atoms with Gasteiger partial charge in [0.05, 0.1) is 13.2 Å². The van der Waals surface area contributed by atoms with E-state index < -0.39 is 0 Å². The molecule has 0 fully saturated rings. The minimum Gasteiger partial charge on any atom is -0.383 e. The maximum Gasteiger partial charge on any atom is 0.0615 e. The van der Waals surface area contributed by atoms with Crippen LogP contribution in [0.25, 0.3) is 0 Å². The van der Waals surface area contributed by atoms with Gasteiger partial charge in [0.25, 0.3) is 0 Å². The van der Waals surface area contributed by atoms with Gasteiger partial charge in [-0.3, -0.25) is 4.90 Å². The minimum atomic E-state index is 0.438. The molecular weight excluding hydrogens is 228 g/mol. The number of nitrogens with zero attached hydrogens (tertiary/aromatic N) is 1. The van der Waals surface area contributed by atoms with Crippen molar-refractivity contribution >= 4 is 0 Å². The standard InChI is InChI=1S/C14H32N2O2/c1-6-7-13(2)15-8-9-16(10-11-17-4)14(3)12-18-5/h13-15H,6-12H2,1-5H3. The first-order valence-electron chi connectivity index (χ1n) is 7.11. The number of nitrogens with one attached hydrogen (secondary N) is 1. The lowest BCUT2D eigenvalue weighted by Gasteiger charge is -2.29. The molecular formula is C14H32N2O2. The molecule has 0 aromatic carbocycles. The fourth-order valence-electron chi connectivity index (χ4n) is 2.10. The topological polar surface area (TPSA) is 33.7 Å². The van der Waals surface area contributed by atoms with Gasteiger partial charge in [0, 0.05) is 45.9 Å². The molecule has 0 radical (unpaired) electrons. The second kappa shape index (κ2) is 11.9. The van der Waals surface area contributed by atoms with Crippen LogP contribution in [0.15, 0.2) is 0 Å². The van der Waals surface area contributed by atoms with Crippen LogP contribution in [0.2, 0.25) is 0 Å². The van der Waals surface area contributed by atoms with Crippen molar-refractivity contribution in [2.75, 3.05) is 47.1 Å². The van der Waals surface area contributed by atoms with E-state index in [2.05, 4.69) is 31.0 Å². The Labute approximate surface area is 113 Å². The molecule has 0 aliphatic rings. The molecule has 0 aromatic heterocycles. The van der Waals surface area contributed by atoms with Crippen LogP contribution in [0.1, 0.15) is 33.6 Å². The van der Waals surface area contributed by atoms with Crippen molar-refractivity contribution < 1.29 is 9.47 Å². The highest BCUT2D eigenvalue weighted by Crippen LogP contribution is 2.00. The smallest absolute Gasteiger partial charge is 0.0615 e. The third kappa shape index (κ3) is 8.86. The first-order valence-corrected chi connectivity index (χ1v) is 7.11. The molecule has 0 saturated carbocycles. The van der Waals surface area contributed by atoms with Gasteiger partial charge < -0.3 is 14.8 Å². The van der Waals surface area contributed by atoms with Crippen LogP contribution in [0.5, 0.6) is 0 Å². The molecule has 0 aliphatic heterocycles. The van der Waals surface area contributed by atoms with Gasteiger partial charge in [-0.2, -0.15) is 0 Å². The van der Waals surface area contributed by atoms with Crippen molar-refractivity contribution in [3.05, 3.63) is 0 Å². The molecule has 2 atom stereocenters. The SMILES string of the molecule is CCCC(C)NCCN(CCOC)C(C)COC. The average molecular weight is 260 g/mol. The van der Waals surface area contributed by atoms with Crippen LogP contribution < -0.4 is 5.32 Å². The summed E-state index contributed by atoms with van der Waals surface area (Å²) < 4.78 is 10.4. The van der Waals surface area contributed by atoms with Crippen molar-refractivity contribution in [1.29, 1.82) is 0 Å². The predicted molar refractivity (Wildman–Crippen MR) is 77.2 cm³/mol. The van der Waals surface area contributed by atoms with Gasteiger partial charge in [0.1, 0.15) is 0 Å². The van der Waals surface area contributed by atoms with Gasteiger partial charge in [-0.05, 0) is 20.3 Å². The minimum absolute atomic E-state index is 0.438. The number of hydrogen-bond acceptors (Lipinski definition) is 4. The molecule has 110 valence electrons. The van der Waals surface area contributed by atoms with Gasteiger partial charge in [0.2, 0.25) is 0 Å². The molecule has 0 aliphatic carbocycles. The van der Waals surface area contributed by atoms with Crippen LogP contribution in [0, 0.1) is 0 Å². The van der Waals surface area contributed by atoms with E-state index in [9.17, 15) is 0 Å². The molecule has 0 aromatic rings. The summed E-state index contributed by atoms with van der Waals surface area (Å²) in [5, 5.41) is 3.56. The summed E-state index contributed by atoms with van der Waals surface area (Å²) in [6.45, 7) is 11.3. The Bertz CT molecular complexity index is 179. The number of ether oxygens (including phenoxy) is 2. The second-order valence-electron chi connectivity index (χ2n) is 4.98. The van der Waals surface area contributed by atoms with Gasteiger partial charge >= 0.3 is 0 Å². The molecule has 1 N–H and O–H groups in total. The summed E-state index contributed by atoms with van der Waals surface area (Å²) >= 11 is 0. The lowest BCUT2D eigenvalue weighted by Crippen LogP contribution is -2.43. The summed E-state index contributed by atoms with van der Waals surface area (Å²) in [6, 6.07) is 1.05. The summed E-state index contributed by atoms with van der Waals surface area (Å²) in [7, 11) is 3.51. The Kier molecular flexibility index (Phi) is 11.8. The molecule has 0 saturated heterocycles. The number of hydrogen-bond donors (Lipinski definition) is 1. The van der Waals surface area contributed by atoms with E-state index in [0.29, 0.717) is 12.1 Å². The molecule has 2 unspecified atom stereocenters. The molecule has 0 heterocycles. The van der Waals surface area contributed by atoms with Crippen LogP contribution in [-0.4, -0.2) is 64.1 Å². The zero-order chi connectivity index (χ0) is 13.8. The predicted octanol–water partition coefficient (Wildman–Crippen LogP) is 1.75. The van der Waals surface area contributed by atoms with Crippen LogP contribution in [0.3, 0.4) is 0 Å². The Hall–Kier alpha value is -0.160. The van der Waals surface area contributed by atoms with E-state index in [4.69, 9.17) is 9.47 Å². The normalized spacial score (nSPS) is 15.0. The third-order valence-corrected chi connectivity index (χ3v) is 3.23. The van der Waals surface area contributed by atoms with Crippen molar-refractivity contribution in [1.82, 2.24) is 10.2 Å². The average Bonchev–Trinajstić information content (AvgIpc) is 2.34. The molecule has 4 heteroatoms. The van der Waals surface area contributed by atoms with Crippen molar-refractivity contribution in [2.24, 2.45) is 0 Å². The Balaban J connectivity index is 3.91. The van der Waals surface area contributed by atoms with Crippen LogP contribution in [0.4, 0.5) is 0 Å². The molecule has 0 amide bonds. The maximum atomic E-state index is 5.23. The van der Waals surface area contributed by atoms with Crippen LogP contribution >= 0.6 is 0 Å². The summed E-state index contributed by atoms with van der Waals surface area (Å²) in [6.07, 6.45) is 2.48. The fraction of sp³-hybridized carbons (Fsp3) is 1.00.